The van der Waals surface area contributed by atoms with E-state index in [-0.39, 0.29) is 0 Å². The number of methoxy groups -OCH3 is 3. The summed E-state index contributed by atoms with van der Waals surface area (Å²) in [7, 11) is 4.68. The number of nitriles is 1. The Hall–Kier alpha value is -3.46. The monoisotopic (exact) mass is 335 g/mol. The molecule has 0 aliphatic heterocycles. The number of benzene rings is 2. The van der Waals surface area contributed by atoms with Crippen molar-refractivity contribution in [3.63, 3.8) is 0 Å². The third-order valence-corrected chi connectivity index (χ3v) is 3.80. The normalized spacial score (nSPS) is 11.2. The molecule has 0 atom stereocenters. The minimum atomic E-state index is 0.390. The molecule has 6 nitrogen and oxygen atoms in total. The highest BCUT2D eigenvalue weighted by Gasteiger charge is 2.13. The number of rotatable bonds is 5. The van der Waals surface area contributed by atoms with Crippen molar-refractivity contribution in [2.75, 3.05) is 21.3 Å². The lowest BCUT2D eigenvalue weighted by atomic mass is 10.1. The van der Waals surface area contributed by atoms with E-state index in [2.05, 4.69) is 16.0 Å². The zero-order chi connectivity index (χ0) is 17.8. The molecule has 0 saturated carbocycles. The quantitative estimate of drug-likeness (QED) is 0.720. The number of ether oxygens (including phenoxy) is 3. The van der Waals surface area contributed by atoms with Crippen molar-refractivity contribution in [1.29, 1.82) is 5.26 Å². The predicted octanol–water partition coefficient (Wildman–Crippen LogP) is 3.65. The number of hydrogen-bond acceptors (Lipinski definition) is 5. The molecule has 6 heteroatoms. The van der Waals surface area contributed by atoms with Crippen LogP contribution in [0.4, 0.5) is 0 Å². The highest BCUT2D eigenvalue weighted by molar-refractivity contribution is 5.91. The lowest BCUT2D eigenvalue weighted by molar-refractivity contribution is 0.348. The molecule has 1 heterocycles. The predicted molar refractivity (Wildman–Crippen MR) is 95.7 cm³/mol. The molecule has 0 amide bonds. The first kappa shape index (κ1) is 16.4. The summed E-state index contributed by atoms with van der Waals surface area (Å²) in [6, 6.07) is 13.3. The van der Waals surface area contributed by atoms with Gasteiger partial charge in [0.05, 0.1) is 37.9 Å². The Kier molecular flexibility index (Phi) is 4.57. The Morgan fingerprint density at radius 2 is 1.72 bits per heavy atom. The van der Waals surface area contributed by atoms with Crippen molar-refractivity contribution in [2.24, 2.45) is 0 Å². The zero-order valence-corrected chi connectivity index (χ0v) is 14.2. The number of fused-ring (bicyclic) bond motifs is 1. The average molecular weight is 335 g/mol. The van der Waals surface area contributed by atoms with Crippen molar-refractivity contribution in [2.45, 2.75) is 0 Å². The smallest absolute Gasteiger partial charge is 0.164 e. The van der Waals surface area contributed by atoms with Crippen molar-refractivity contribution in [1.82, 2.24) is 9.97 Å². The van der Waals surface area contributed by atoms with Crippen LogP contribution in [0.15, 0.2) is 36.4 Å². The molecule has 0 bridgehead atoms. The first-order valence-corrected chi connectivity index (χ1v) is 7.57. The summed E-state index contributed by atoms with van der Waals surface area (Å²) < 4.78 is 16.0. The van der Waals surface area contributed by atoms with E-state index in [1.807, 2.05) is 24.3 Å². The SMILES string of the molecule is COc1cc(OC)c(OC)cc1/C=C(\C#N)c1nc2ccccc2[nH]1. The third kappa shape index (κ3) is 3.12. The number of aromatic amines is 1. The molecule has 3 aromatic rings. The molecule has 126 valence electrons. The number of nitrogens with one attached hydrogen (secondary N) is 1. The highest BCUT2D eigenvalue weighted by Crippen LogP contribution is 2.36. The van der Waals surface area contributed by atoms with Gasteiger partial charge in [0, 0.05) is 11.6 Å². The highest BCUT2D eigenvalue weighted by atomic mass is 16.5. The van der Waals surface area contributed by atoms with Crippen molar-refractivity contribution < 1.29 is 14.2 Å². The summed E-state index contributed by atoms with van der Waals surface area (Å²) in [5.41, 5.74) is 2.76. The largest absolute Gasteiger partial charge is 0.496 e. The van der Waals surface area contributed by atoms with Crippen LogP contribution in [0, 0.1) is 11.3 Å². The molecule has 1 aromatic heterocycles. The summed E-state index contributed by atoms with van der Waals surface area (Å²) in [6.07, 6.45) is 1.71. The number of hydrogen-bond donors (Lipinski definition) is 1. The molecule has 3 rings (SSSR count). The Labute approximate surface area is 145 Å². The topological polar surface area (TPSA) is 80.2 Å². The minimum absolute atomic E-state index is 0.390. The maximum absolute atomic E-state index is 9.58. The summed E-state index contributed by atoms with van der Waals surface area (Å²) in [5, 5.41) is 9.58. The fourth-order valence-corrected chi connectivity index (χ4v) is 2.56. The molecular weight excluding hydrogens is 318 g/mol. The summed E-state index contributed by atoms with van der Waals surface area (Å²) >= 11 is 0. The molecule has 0 radical (unpaired) electrons. The van der Waals surface area contributed by atoms with Gasteiger partial charge in [0.25, 0.3) is 0 Å². The van der Waals surface area contributed by atoms with Crippen LogP contribution < -0.4 is 14.2 Å². The van der Waals surface area contributed by atoms with E-state index < -0.39 is 0 Å². The van der Waals surface area contributed by atoms with Crippen LogP contribution in [-0.2, 0) is 0 Å². The van der Waals surface area contributed by atoms with Gasteiger partial charge in [-0.3, -0.25) is 0 Å². The minimum Gasteiger partial charge on any atom is -0.496 e. The third-order valence-electron chi connectivity index (χ3n) is 3.80. The van der Waals surface area contributed by atoms with E-state index in [9.17, 15) is 5.26 Å². The lowest BCUT2D eigenvalue weighted by Crippen LogP contribution is -1.95. The molecular formula is C19H17N3O3. The van der Waals surface area contributed by atoms with Gasteiger partial charge in [-0.15, -0.1) is 0 Å². The summed E-state index contributed by atoms with van der Waals surface area (Å²) in [4.78, 5) is 7.63. The van der Waals surface area contributed by atoms with Gasteiger partial charge in [0.1, 0.15) is 17.6 Å². The number of H-pyrrole nitrogens is 1. The van der Waals surface area contributed by atoms with Gasteiger partial charge in [-0.05, 0) is 24.3 Å². The molecule has 0 fully saturated rings. The maximum Gasteiger partial charge on any atom is 0.164 e. The number of imidazole rings is 1. The second-order valence-corrected chi connectivity index (χ2v) is 5.22. The molecule has 2 aromatic carbocycles. The van der Waals surface area contributed by atoms with Crippen LogP contribution in [0.25, 0.3) is 22.7 Å². The Bertz CT molecular complexity index is 950. The summed E-state index contributed by atoms with van der Waals surface area (Å²) in [6.45, 7) is 0. The lowest BCUT2D eigenvalue weighted by Gasteiger charge is -2.12. The second-order valence-electron chi connectivity index (χ2n) is 5.22. The fourth-order valence-electron chi connectivity index (χ4n) is 2.56. The van der Waals surface area contributed by atoms with Gasteiger partial charge in [0.2, 0.25) is 0 Å². The number of para-hydroxylation sites is 2. The van der Waals surface area contributed by atoms with Gasteiger partial charge >= 0.3 is 0 Å². The number of nitrogens with zero attached hydrogens (tertiary/aromatic N) is 2. The number of allylic oxidation sites excluding steroid dienone is 1. The Balaban J connectivity index is 2.12. The van der Waals surface area contributed by atoms with E-state index in [1.165, 1.54) is 0 Å². The van der Waals surface area contributed by atoms with Gasteiger partial charge in [-0.25, -0.2) is 4.98 Å². The molecule has 1 N–H and O–H groups in total. The molecule has 0 aliphatic rings. The maximum atomic E-state index is 9.58. The van der Waals surface area contributed by atoms with Crippen LogP contribution in [0.1, 0.15) is 11.4 Å². The van der Waals surface area contributed by atoms with Crippen LogP contribution >= 0.6 is 0 Å². The van der Waals surface area contributed by atoms with Crippen LogP contribution in [0.5, 0.6) is 17.2 Å². The molecule has 25 heavy (non-hydrogen) atoms. The average Bonchev–Trinajstić information content (AvgIpc) is 3.09. The van der Waals surface area contributed by atoms with E-state index in [1.54, 1.807) is 39.5 Å². The van der Waals surface area contributed by atoms with Gasteiger partial charge in [-0.2, -0.15) is 5.26 Å². The first-order valence-electron chi connectivity index (χ1n) is 7.57. The molecule has 0 aliphatic carbocycles. The molecule has 0 unspecified atom stereocenters. The first-order chi connectivity index (χ1) is 12.2. The molecule has 0 saturated heterocycles. The van der Waals surface area contributed by atoms with Crippen LogP contribution in [-0.4, -0.2) is 31.3 Å². The standard InChI is InChI=1S/C19H17N3O3/c1-23-16-10-18(25-3)17(24-2)9-12(16)8-13(11-20)19-21-14-6-4-5-7-15(14)22-19/h4-10H,1-3H3,(H,21,22)/b13-8+. The van der Waals surface area contributed by atoms with Crippen molar-refractivity contribution >= 4 is 22.7 Å². The van der Waals surface area contributed by atoms with E-state index in [4.69, 9.17) is 14.2 Å². The van der Waals surface area contributed by atoms with E-state index in [0.717, 1.165) is 11.0 Å². The Morgan fingerprint density at radius 3 is 2.36 bits per heavy atom. The van der Waals surface area contributed by atoms with E-state index in [0.29, 0.717) is 34.2 Å². The zero-order valence-electron chi connectivity index (χ0n) is 14.2. The number of aromatic nitrogens is 2. The van der Waals surface area contributed by atoms with Gasteiger partial charge in [0.15, 0.2) is 11.5 Å². The van der Waals surface area contributed by atoms with E-state index >= 15 is 0 Å². The second kappa shape index (κ2) is 6.97. The van der Waals surface area contributed by atoms with Gasteiger partial charge < -0.3 is 19.2 Å². The summed E-state index contributed by atoms with van der Waals surface area (Å²) in [5.74, 6) is 2.18. The fraction of sp³-hybridized carbons (Fsp3) is 0.158. The van der Waals surface area contributed by atoms with Crippen molar-refractivity contribution in [3.8, 4) is 23.3 Å². The molecule has 0 spiro atoms. The van der Waals surface area contributed by atoms with Gasteiger partial charge in [-0.1, -0.05) is 12.1 Å². The van der Waals surface area contributed by atoms with Crippen LogP contribution in [0.2, 0.25) is 0 Å². The Morgan fingerprint density at radius 1 is 1.04 bits per heavy atom. The van der Waals surface area contributed by atoms with Crippen LogP contribution in [0.3, 0.4) is 0 Å². The van der Waals surface area contributed by atoms with Crippen molar-refractivity contribution in [3.05, 3.63) is 47.8 Å².